The van der Waals surface area contributed by atoms with Crippen molar-refractivity contribution in [3.8, 4) is 0 Å². The number of aromatic nitrogens is 2. The van der Waals surface area contributed by atoms with Crippen LogP contribution < -0.4 is 10.2 Å². The van der Waals surface area contributed by atoms with Crippen LogP contribution >= 0.6 is 0 Å². The fourth-order valence-corrected chi connectivity index (χ4v) is 2.65. The molecule has 1 saturated heterocycles. The summed E-state index contributed by atoms with van der Waals surface area (Å²) in [5, 5.41) is 2.93. The molecular formula is C18H22N4O2. The third-order valence-corrected chi connectivity index (χ3v) is 3.86. The van der Waals surface area contributed by atoms with Crippen LogP contribution in [0.1, 0.15) is 17.0 Å². The topological polar surface area (TPSA) is 67.4 Å². The number of anilines is 1. The Bertz CT molecular complexity index is 685. The van der Waals surface area contributed by atoms with E-state index in [0.29, 0.717) is 32.1 Å². The maximum Gasteiger partial charge on any atom is 0.225 e. The Morgan fingerprint density at radius 3 is 2.71 bits per heavy atom. The van der Waals surface area contributed by atoms with Crippen LogP contribution in [0.4, 0.5) is 5.95 Å². The Morgan fingerprint density at radius 1 is 1.21 bits per heavy atom. The SMILES string of the molecule is Cc1cc(CNC(=O)Cc2ccccc2)nc(N2CCOCC2)n1. The van der Waals surface area contributed by atoms with Crippen LogP contribution in [-0.2, 0) is 22.5 Å². The largest absolute Gasteiger partial charge is 0.378 e. The number of benzene rings is 1. The van der Waals surface area contributed by atoms with Crippen LogP contribution in [0.5, 0.6) is 0 Å². The number of morpholine rings is 1. The van der Waals surface area contributed by atoms with Gasteiger partial charge in [-0.3, -0.25) is 4.79 Å². The number of aryl methyl sites for hydroxylation is 1. The van der Waals surface area contributed by atoms with Crippen molar-refractivity contribution in [1.82, 2.24) is 15.3 Å². The van der Waals surface area contributed by atoms with Crippen molar-refractivity contribution in [1.29, 1.82) is 0 Å². The average Bonchev–Trinajstić information content (AvgIpc) is 2.61. The van der Waals surface area contributed by atoms with Gasteiger partial charge in [0.05, 0.1) is 31.9 Å². The molecule has 2 heterocycles. The Labute approximate surface area is 141 Å². The third kappa shape index (κ3) is 4.52. The lowest BCUT2D eigenvalue weighted by Crippen LogP contribution is -2.37. The predicted molar refractivity (Wildman–Crippen MR) is 91.8 cm³/mol. The fourth-order valence-electron chi connectivity index (χ4n) is 2.65. The van der Waals surface area contributed by atoms with Crippen LogP contribution in [0.25, 0.3) is 0 Å². The molecule has 1 aliphatic heterocycles. The Kier molecular flexibility index (Phi) is 5.38. The van der Waals surface area contributed by atoms with Crippen LogP contribution in [0.3, 0.4) is 0 Å². The molecule has 0 atom stereocenters. The first-order valence-electron chi connectivity index (χ1n) is 8.18. The molecule has 6 heteroatoms. The molecule has 0 radical (unpaired) electrons. The first kappa shape index (κ1) is 16.4. The molecule has 1 aromatic carbocycles. The molecule has 1 aliphatic rings. The minimum atomic E-state index is -0.00890. The summed E-state index contributed by atoms with van der Waals surface area (Å²) in [6, 6.07) is 11.6. The van der Waals surface area contributed by atoms with E-state index in [0.717, 1.165) is 30.0 Å². The molecule has 0 saturated carbocycles. The molecule has 1 fully saturated rings. The number of hydrogen-bond acceptors (Lipinski definition) is 5. The normalized spacial score (nSPS) is 14.5. The highest BCUT2D eigenvalue weighted by Crippen LogP contribution is 2.12. The number of carbonyl (C=O) groups excluding carboxylic acids is 1. The van der Waals surface area contributed by atoms with Gasteiger partial charge in [0, 0.05) is 18.8 Å². The van der Waals surface area contributed by atoms with E-state index in [1.165, 1.54) is 0 Å². The zero-order chi connectivity index (χ0) is 16.8. The van der Waals surface area contributed by atoms with Crippen molar-refractivity contribution in [2.45, 2.75) is 19.9 Å². The van der Waals surface area contributed by atoms with Crippen molar-refractivity contribution in [2.24, 2.45) is 0 Å². The van der Waals surface area contributed by atoms with Crippen LogP contribution in [0.15, 0.2) is 36.4 Å². The van der Waals surface area contributed by atoms with E-state index in [2.05, 4.69) is 20.2 Å². The van der Waals surface area contributed by atoms with Crippen LogP contribution in [0, 0.1) is 6.92 Å². The zero-order valence-electron chi connectivity index (χ0n) is 13.9. The molecule has 1 aromatic heterocycles. The highest BCUT2D eigenvalue weighted by atomic mass is 16.5. The van der Waals surface area contributed by atoms with E-state index in [1.54, 1.807) is 0 Å². The monoisotopic (exact) mass is 326 g/mol. The van der Waals surface area contributed by atoms with Gasteiger partial charge in [-0.15, -0.1) is 0 Å². The lowest BCUT2D eigenvalue weighted by atomic mass is 10.1. The molecule has 1 amide bonds. The molecule has 24 heavy (non-hydrogen) atoms. The van der Waals surface area contributed by atoms with Gasteiger partial charge in [-0.05, 0) is 18.6 Å². The molecular weight excluding hydrogens is 304 g/mol. The van der Waals surface area contributed by atoms with Gasteiger partial charge in [0.15, 0.2) is 0 Å². The Hall–Kier alpha value is -2.47. The molecule has 6 nitrogen and oxygen atoms in total. The van der Waals surface area contributed by atoms with Crippen molar-refractivity contribution in [2.75, 3.05) is 31.2 Å². The number of carbonyl (C=O) groups is 1. The third-order valence-electron chi connectivity index (χ3n) is 3.86. The predicted octanol–water partition coefficient (Wildman–Crippen LogP) is 1.48. The van der Waals surface area contributed by atoms with Gasteiger partial charge in [0.1, 0.15) is 0 Å². The standard InChI is InChI=1S/C18H22N4O2/c1-14-11-16(21-18(20-14)22-7-9-24-10-8-22)13-19-17(23)12-15-5-3-2-4-6-15/h2-6,11H,7-10,12-13H2,1H3,(H,19,23). The average molecular weight is 326 g/mol. The van der Waals surface area contributed by atoms with E-state index in [9.17, 15) is 4.79 Å². The number of hydrogen-bond donors (Lipinski definition) is 1. The maximum absolute atomic E-state index is 12.1. The first-order chi connectivity index (χ1) is 11.7. The molecule has 126 valence electrons. The Morgan fingerprint density at radius 2 is 1.96 bits per heavy atom. The summed E-state index contributed by atoms with van der Waals surface area (Å²) in [6.07, 6.45) is 0.376. The van der Waals surface area contributed by atoms with Crippen LogP contribution in [0.2, 0.25) is 0 Å². The molecule has 3 rings (SSSR count). The van der Waals surface area contributed by atoms with E-state index in [4.69, 9.17) is 4.74 Å². The molecule has 0 unspecified atom stereocenters. The Balaban J connectivity index is 1.60. The summed E-state index contributed by atoms with van der Waals surface area (Å²) in [6.45, 7) is 5.33. The van der Waals surface area contributed by atoms with Gasteiger partial charge >= 0.3 is 0 Å². The van der Waals surface area contributed by atoms with Gasteiger partial charge in [-0.25, -0.2) is 9.97 Å². The molecule has 2 aromatic rings. The van der Waals surface area contributed by atoms with Crippen molar-refractivity contribution < 1.29 is 9.53 Å². The summed E-state index contributed by atoms with van der Waals surface area (Å²) >= 11 is 0. The maximum atomic E-state index is 12.1. The second-order valence-electron chi connectivity index (χ2n) is 5.84. The molecule has 0 spiro atoms. The van der Waals surface area contributed by atoms with Gasteiger partial charge in [0.2, 0.25) is 11.9 Å². The lowest BCUT2D eigenvalue weighted by molar-refractivity contribution is -0.120. The van der Waals surface area contributed by atoms with Gasteiger partial charge < -0.3 is 15.0 Å². The lowest BCUT2D eigenvalue weighted by Gasteiger charge is -2.27. The fraction of sp³-hybridized carbons (Fsp3) is 0.389. The molecule has 0 bridgehead atoms. The summed E-state index contributed by atoms with van der Waals surface area (Å²) in [7, 11) is 0. The number of nitrogens with one attached hydrogen (secondary N) is 1. The highest BCUT2D eigenvalue weighted by Gasteiger charge is 2.15. The second kappa shape index (κ2) is 7.88. The summed E-state index contributed by atoms with van der Waals surface area (Å²) in [5.41, 5.74) is 2.73. The molecule has 1 N–H and O–H groups in total. The second-order valence-corrected chi connectivity index (χ2v) is 5.84. The quantitative estimate of drug-likeness (QED) is 0.901. The number of rotatable bonds is 5. The summed E-state index contributed by atoms with van der Waals surface area (Å²) in [4.78, 5) is 23.3. The van der Waals surface area contributed by atoms with E-state index >= 15 is 0 Å². The zero-order valence-corrected chi connectivity index (χ0v) is 13.9. The highest BCUT2D eigenvalue weighted by molar-refractivity contribution is 5.78. The number of ether oxygens (including phenoxy) is 1. The van der Waals surface area contributed by atoms with Crippen LogP contribution in [-0.4, -0.2) is 42.2 Å². The minimum Gasteiger partial charge on any atom is -0.378 e. The van der Waals surface area contributed by atoms with Gasteiger partial charge in [-0.2, -0.15) is 0 Å². The van der Waals surface area contributed by atoms with Gasteiger partial charge in [0.25, 0.3) is 0 Å². The first-order valence-corrected chi connectivity index (χ1v) is 8.18. The van der Waals surface area contributed by atoms with E-state index < -0.39 is 0 Å². The minimum absolute atomic E-state index is 0.00890. The smallest absolute Gasteiger partial charge is 0.225 e. The summed E-state index contributed by atoms with van der Waals surface area (Å²) in [5.74, 6) is 0.705. The summed E-state index contributed by atoms with van der Waals surface area (Å²) < 4.78 is 5.36. The van der Waals surface area contributed by atoms with Crippen molar-refractivity contribution >= 4 is 11.9 Å². The van der Waals surface area contributed by atoms with E-state index in [1.807, 2.05) is 43.3 Å². The van der Waals surface area contributed by atoms with Crippen molar-refractivity contribution in [3.05, 3.63) is 53.3 Å². The molecule has 0 aliphatic carbocycles. The number of amides is 1. The van der Waals surface area contributed by atoms with Gasteiger partial charge in [-0.1, -0.05) is 30.3 Å². The van der Waals surface area contributed by atoms with Crippen molar-refractivity contribution in [3.63, 3.8) is 0 Å². The van der Waals surface area contributed by atoms with E-state index in [-0.39, 0.29) is 5.91 Å². The number of nitrogens with zero attached hydrogens (tertiary/aromatic N) is 3.